The van der Waals surface area contributed by atoms with E-state index in [0.717, 1.165) is 49.8 Å². The normalized spacial score (nSPS) is 19.6. The van der Waals surface area contributed by atoms with E-state index < -0.39 is 11.5 Å². The van der Waals surface area contributed by atoms with Crippen molar-refractivity contribution in [1.82, 2.24) is 0 Å². The summed E-state index contributed by atoms with van der Waals surface area (Å²) >= 11 is 0. The molecule has 0 aliphatic heterocycles. The Hall–Kier alpha value is -1.53. The van der Waals surface area contributed by atoms with Gasteiger partial charge in [0.25, 0.3) is 0 Å². The van der Waals surface area contributed by atoms with Gasteiger partial charge in [-0.15, -0.1) is 0 Å². The van der Waals surface area contributed by atoms with Crippen LogP contribution in [0.15, 0.2) is 24.3 Å². The van der Waals surface area contributed by atoms with Gasteiger partial charge in [-0.1, -0.05) is 37.8 Å². The minimum atomic E-state index is -0.714. The summed E-state index contributed by atoms with van der Waals surface area (Å²) in [6.07, 6.45) is 5.37. The Morgan fingerprint density at radius 3 is 2.14 bits per heavy atom. The van der Waals surface area contributed by atoms with Gasteiger partial charge in [0.2, 0.25) is 0 Å². The summed E-state index contributed by atoms with van der Waals surface area (Å²) in [6, 6.07) is 9.93. The van der Waals surface area contributed by atoms with Gasteiger partial charge in [-0.3, -0.25) is 0 Å². The van der Waals surface area contributed by atoms with Gasteiger partial charge in [0.15, 0.2) is 0 Å². The highest BCUT2D eigenvalue weighted by molar-refractivity contribution is 5.31. The van der Waals surface area contributed by atoms with E-state index in [1.54, 1.807) is 0 Å². The Morgan fingerprint density at radius 2 is 1.67 bits per heavy atom. The van der Waals surface area contributed by atoms with Crippen molar-refractivity contribution in [3.63, 3.8) is 0 Å². The number of rotatable bonds is 4. The van der Waals surface area contributed by atoms with Crippen LogP contribution < -0.4 is 4.74 Å². The van der Waals surface area contributed by atoms with E-state index in [0.29, 0.717) is 0 Å². The Balaban J connectivity index is 2.17. The van der Waals surface area contributed by atoms with E-state index in [9.17, 15) is 10.4 Å². The molecule has 1 aliphatic carbocycles. The van der Waals surface area contributed by atoms with Crippen molar-refractivity contribution in [2.75, 3.05) is 0 Å². The lowest BCUT2D eigenvalue weighted by molar-refractivity contribution is 0.0516. The van der Waals surface area contributed by atoms with Gasteiger partial charge >= 0.3 is 0 Å². The van der Waals surface area contributed by atoms with Crippen LogP contribution in [-0.4, -0.2) is 11.2 Å². The molecule has 2 rings (SSSR count). The van der Waals surface area contributed by atoms with Crippen molar-refractivity contribution in [3.8, 4) is 11.8 Å². The average molecular weight is 287 g/mol. The number of nitrogens with zero attached hydrogens (tertiary/aromatic N) is 1. The fourth-order valence-electron chi connectivity index (χ4n) is 3.13. The van der Waals surface area contributed by atoms with Crippen LogP contribution in [0.1, 0.15) is 64.0 Å². The lowest BCUT2D eigenvalue weighted by Crippen LogP contribution is -2.27. The van der Waals surface area contributed by atoms with E-state index in [-0.39, 0.29) is 6.10 Å². The van der Waals surface area contributed by atoms with Gasteiger partial charge in [-0.2, -0.15) is 5.26 Å². The fourth-order valence-corrected chi connectivity index (χ4v) is 3.13. The molecule has 0 spiro atoms. The number of benzene rings is 1. The van der Waals surface area contributed by atoms with Gasteiger partial charge in [0, 0.05) is 0 Å². The quantitative estimate of drug-likeness (QED) is 0.836. The first-order chi connectivity index (χ1) is 10.1. The molecule has 1 aliphatic rings. The highest BCUT2D eigenvalue weighted by atomic mass is 16.5. The first-order valence-corrected chi connectivity index (χ1v) is 7.93. The van der Waals surface area contributed by atoms with Crippen LogP contribution in [0.2, 0.25) is 0 Å². The van der Waals surface area contributed by atoms with Crippen molar-refractivity contribution in [2.24, 2.45) is 5.41 Å². The maximum absolute atomic E-state index is 10.7. The average Bonchev–Trinajstić information content (AvgIpc) is 2.73. The molecule has 0 saturated heterocycles. The minimum Gasteiger partial charge on any atom is -0.491 e. The van der Waals surface area contributed by atoms with E-state index in [2.05, 4.69) is 6.07 Å². The third kappa shape index (κ3) is 3.77. The summed E-state index contributed by atoms with van der Waals surface area (Å²) in [7, 11) is 0. The maximum Gasteiger partial charge on any atom is 0.119 e. The van der Waals surface area contributed by atoms with Crippen LogP contribution in [0.4, 0.5) is 0 Å². The van der Waals surface area contributed by atoms with Crippen LogP contribution in [0.5, 0.6) is 5.75 Å². The Bertz CT molecular complexity index is 479. The molecule has 1 N–H and O–H groups in total. The SMILES string of the molecule is CC(C)Oc1ccc(C(O)C2(C#N)CCCCCC2)cc1. The summed E-state index contributed by atoms with van der Waals surface area (Å²) in [5.74, 6) is 0.799. The van der Waals surface area contributed by atoms with Crippen LogP contribution >= 0.6 is 0 Å². The van der Waals surface area contributed by atoms with E-state index in [1.165, 1.54) is 0 Å². The summed E-state index contributed by atoms with van der Waals surface area (Å²) in [5.41, 5.74) is 0.186. The summed E-state index contributed by atoms with van der Waals surface area (Å²) in [6.45, 7) is 3.97. The van der Waals surface area contributed by atoms with Crippen LogP contribution in [-0.2, 0) is 0 Å². The van der Waals surface area contributed by atoms with Gasteiger partial charge in [-0.25, -0.2) is 0 Å². The standard InChI is InChI=1S/C18H25NO2/c1-14(2)21-16-9-7-15(8-10-16)17(20)18(13-19)11-5-3-4-6-12-18/h7-10,14,17,20H,3-6,11-12H2,1-2H3. The first kappa shape index (κ1) is 15.9. The zero-order chi connectivity index (χ0) is 15.3. The Morgan fingerprint density at radius 1 is 1.10 bits per heavy atom. The number of aliphatic hydroxyl groups excluding tert-OH is 1. The highest BCUT2D eigenvalue weighted by Gasteiger charge is 2.39. The molecule has 3 heteroatoms. The summed E-state index contributed by atoms with van der Waals surface area (Å²) < 4.78 is 5.62. The van der Waals surface area contributed by atoms with Crippen molar-refractivity contribution in [3.05, 3.63) is 29.8 Å². The lowest BCUT2D eigenvalue weighted by atomic mass is 9.74. The Kier molecular flexibility index (Phi) is 5.25. The molecule has 1 aromatic carbocycles. The number of hydrogen-bond donors (Lipinski definition) is 1. The zero-order valence-electron chi connectivity index (χ0n) is 13.0. The zero-order valence-corrected chi connectivity index (χ0v) is 13.0. The van der Waals surface area contributed by atoms with Crippen LogP contribution in [0, 0.1) is 16.7 Å². The van der Waals surface area contributed by atoms with Crippen molar-refractivity contribution < 1.29 is 9.84 Å². The molecular formula is C18H25NO2. The number of aliphatic hydroxyl groups is 1. The van der Waals surface area contributed by atoms with Gasteiger partial charge in [0.05, 0.1) is 23.7 Å². The van der Waals surface area contributed by atoms with Gasteiger partial charge in [0.1, 0.15) is 5.75 Å². The van der Waals surface area contributed by atoms with Crippen molar-refractivity contribution in [1.29, 1.82) is 5.26 Å². The monoisotopic (exact) mass is 287 g/mol. The van der Waals surface area contributed by atoms with Crippen molar-refractivity contribution >= 4 is 0 Å². The number of ether oxygens (including phenoxy) is 1. The van der Waals surface area contributed by atoms with Crippen molar-refractivity contribution in [2.45, 2.75) is 64.6 Å². The number of nitriles is 1. The molecule has 0 heterocycles. The van der Waals surface area contributed by atoms with Crippen LogP contribution in [0.25, 0.3) is 0 Å². The topological polar surface area (TPSA) is 53.2 Å². The molecule has 0 amide bonds. The molecule has 1 aromatic rings. The molecule has 21 heavy (non-hydrogen) atoms. The Labute approximate surface area is 127 Å². The molecule has 114 valence electrons. The second-order valence-electron chi connectivity index (χ2n) is 6.32. The smallest absolute Gasteiger partial charge is 0.119 e. The second kappa shape index (κ2) is 6.95. The molecule has 0 bridgehead atoms. The van der Waals surface area contributed by atoms with E-state index >= 15 is 0 Å². The van der Waals surface area contributed by atoms with E-state index in [4.69, 9.17) is 4.74 Å². The molecular weight excluding hydrogens is 262 g/mol. The van der Waals surface area contributed by atoms with Crippen LogP contribution in [0.3, 0.4) is 0 Å². The van der Waals surface area contributed by atoms with Gasteiger partial charge in [-0.05, 0) is 44.4 Å². The molecule has 1 fully saturated rings. The third-order valence-corrected chi connectivity index (χ3v) is 4.31. The molecule has 1 unspecified atom stereocenters. The lowest BCUT2D eigenvalue weighted by Gasteiger charge is -2.31. The summed E-state index contributed by atoms with van der Waals surface area (Å²) in [5, 5.41) is 20.4. The van der Waals surface area contributed by atoms with Gasteiger partial charge < -0.3 is 9.84 Å². The third-order valence-electron chi connectivity index (χ3n) is 4.31. The molecule has 1 saturated carbocycles. The minimum absolute atomic E-state index is 0.132. The fraction of sp³-hybridized carbons (Fsp3) is 0.611. The molecule has 1 atom stereocenters. The maximum atomic E-state index is 10.7. The molecule has 0 aromatic heterocycles. The highest BCUT2D eigenvalue weighted by Crippen LogP contribution is 2.44. The number of hydrogen-bond acceptors (Lipinski definition) is 3. The summed E-state index contributed by atoms with van der Waals surface area (Å²) in [4.78, 5) is 0. The second-order valence-corrected chi connectivity index (χ2v) is 6.32. The largest absolute Gasteiger partial charge is 0.491 e. The molecule has 3 nitrogen and oxygen atoms in total. The first-order valence-electron chi connectivity index (χ1n) is 7.93. The van der Waals surface area contributed by atoms with E-state index in [1.807, 2.05) is 38.1 Å². The predicted octanol–water partition coefficient (Wildman–Crippen LogP) is 4.37. The predicted molar refractivity (Wildman–Crippen MR) is 82.9 cm³/mol. The molecule has 0 radical (unpaired) electrons.